The summed E-state index contributed by atoms with van der Waals surface area (Å²) in [5.41, 5.74) is 9.03. The number of benzene rings is 1. The molecule has 1 aliphatic carbocycles. The number of nitrogens with zero attached hydrogens (tertiary/aromatic N) is 2. The molecule has 0 amide bonds. The minimum absolute atomic E-state index is 0.598. The SMILES string of the molecule is N#Cc1cccc(N2CCC3(CCCCC3)CC2)c1N. The molecule has 1 saturated carbocycles. The normalized spacial score (nSPS) is 21.6. The number of hydrogen-bond donors (Lipinski definition) is 1. The van der Waals surface area contributed by atoms with Crippen LogP contribution in [0.2, 0.25) is 0 Å². The lowest BCUT2D eigenvalue weighted by Gasteiger charge is -2.45. The van der Waals surface area contributed by atoms with E-state index in [1.807, 2.05) is 6.07 Å². The largest absolute Gasteiger partial charge is 0.396 e. The second-order valence-electron chi connectivity index (χ2n) is 6.40. The van der Waals surface area contributed by atoms with Gasteiger partial charge >= 0.3 is 0 Å². The van der Waals surface area contributed by atoms with Gasteiger partial charge in [0.15, 0.2) is 0 Å². The molecule has 1 aromatic rings. The molecular formula is C17H23N3. The third kappa shape index (κ3) is 2.35. The number of hydrogen-bond acceptors (Lipinski definition) is 3. The molecule has 1 heterocycles. The monoisotopic (exact) mass is 269 g/mol. The maximum atomic E-state index is 9.09. The van der Waals surface area contributed by atoms with E-state index in [9.17, 15) is 0 Å². The van der Waals surface area contributed by atoms with Crippen LogP contribution in [0.15, 0.2) is 18.2 Å². The Balaban J connectivity index is 1.74. The Labute approximate surface area is 121 Å². The average molecular weight is 269 g/mol. The minimum Gasteiger partial charge on any atom is -0.396 e. The first-order valence-electron chi connectivity index (χ1n) is 7.78. The lowest BCUT2D eigenvalue weighted by atomic mass is 9.68. The molecule has 106 valence electrons. The van der Waals surface area contributed by atoms with Crippen LogP contribution < -0.4 is 10.6 Å². The highest BCUT2D eigenvalue weighted by Crippen LogP contribution is 2.45. The zero-order valence-corrected chi connectivity index (χ0v) is 12.1. The van der Waals surface area contributed by atoms with Crippen molar-refractivity contribution in [3.05, 3.63) is 23.8 Å². The molecule has 2 N–H and O–H groups in total. The molecule has 2 fully saturated rings. The molecule has 0 aromatic heterocycles. The van der Waals surface area contributed by atoms with Crippen molar-refractivity contribution < 1.29 is 0 Å². The summed E-state index contributed by atoms with van der Waals surface area (Å²) in [6, 6.07) is 7.97. The van der Waals surface area contributed by atoms with Gasteiger partial charge in [0.2, 0.25) is 0 Å². The Morgan fingerprint density at radius 3 is 2.40 bits per heavy atom. The van der Waals surface area contributed by atoms with Gasteiger partial charge in [0, 0.05) is 13.1 Å². The predicted molar refractivity (Wildman–Crippen MR) is 82.5 cm³/mol. The van der Waals surface area contributed by atoms with Gasteiger partial charge in [-0.2, -0.15) is 5.26 Å². The van der Waals surface area contributed by atoms with Crippen molar-refractivity contribution in [1.82, 2.24) is 0 Å². The molecule has 1 aromatic carbocycles. The standard InChI is InChI=1S/C17H23N3/c18-13-14-5-4-6-15(16(14)19)20-11-9-17(10-12-20)7-2-1-3-8-17/h4-6H,1-3,7-12,19H2. The van der Waals surface area contributed by atoms with Crippen LogP contribution in [0, 0.1) is 16.7 Å². The zero-order chi connectivity index (χ0) is 14.0. The molecule has 1 spiro atoms. The molecule has 20 heavy (non-hydrogen) atoms. The number of nitriles is 1. The smallest absolute Gasteiger partial charge is 0.101 e. The molecule has 0 radical (unpaired) electrons. The van der Waals surface area contributed by atoms with Gasteiger partial charge < -0.3 is 10.6 Å². The van der Waals surface area contributed by atoms with Crippen LogP contribution in [0.3, 0.4) is 0 Å². The number of piperidine rings is 1. The minimum atomic E-state index is 0.598. The molecule has 3 rings (SSSR count). The van der Waals surface area contributed by atoms with Crippen molar-refractivity contribution in [3.8, 4) is 6.07 Å². The third-order valence-corrected chi connectivity index (χ3v) is 5.28. The van der Waals surface area contributed by atoms with Crippen molar-refractivity contribution in [1.29, 1.82) is 5.26 Å². The van der Waals surface area contributed by atoms with Crippen molar-refractivity contribution in [2.24, 2.45) is 5.41 Å². The number of rotatable bonds is 1. The second kappa shape index (κ2) is 5.36. The van der Waals surface area contributed by atoms with E-state index < -0.39 is 0 Å². The van der Waals surface area contributed by atoms with E-state index in [4.69, 9.17) is 11.0 Å². The molecule has 3 nitrogen and oxygen atoms in total. The van der Waals surface area contributed by atoms with Crippen molar-refractivity contribution in [3.63, 3.8) is 0 Å². The maximum absolute atomic E-state index is 9.09. The van der Waals surface area contributed by atoms with Crippen LogP contribution in [0.25, 0.3) is 0 Å². The maximum Gasteiger partial charge on any atom is 0.101 e. The van der Waals surface area contributed by atoms with Gasteiger partial charge in [-0.25, -0.2) is 0 Å². The lowest BCUT2D eigenvalue weighted by Crippen LogP contribution is -2.41. The molecular weight excluding hydrogens is 246 g/mol. The van der Waals surface area contributed by atoms with E-state index in [-0.39, 0.29) is 0 Å². The van der Waals surface area contributed by atoms with Crippen molar-refractivity contribution in [2.45, 2.75) is 44.9 Å². The van der Waals surface area contributed by atoms with Gasteiger partial charge in [0.1, 0.15) is 6.07 Å². The molecule has 0 atom stereocenters. The quantitative estimate of drug-likeness (QED) is 0.791. The van der Waals surface area contributed by atoms with Gasteiger partial charge in [-0.05, 0) is 43.2 Å². The van der Waals surface area contributed by atoms with Crippen LogP contribution in [-0.2, 0) is 0 Å². The van der Waals surface area contributed by atoms with Gasteiger partial charge in [0.25, 0.3) is 0 Å². The summed E-state index contributed by atoms with van der Waals surface area (Å²) < 4.78 is 0. The van der Waals surface area contributed by atoms with E-state index in [1.54, 1.807) is 6.07 Å². The van der Waals surface area contributed by atoms with Crippen molar-refractivity contribution >= 4 is 11.4 Å². The third-order valence-electron chi connectivity index (χ3n) is 5.28. The number of nitrogen functional groups attached to an aromatic ring is 1. The Morgan fingerprint density at radius 1 is 1.05 bits per heavy atom. The van der Waals surface area contributed by atoms with Gasteiger partial charge in [-0.1, -0.05) is 25.3 Å². The summed E-state index contributed by atoms with van der Waals surface area (Å²) >= 11 is 0. The number of anilines is 2. The molecule has 0 unspecified atom stereocenters. The van der Waals surface area contributed by atoms with Crippen LogP contribution in [0.1, 0.15) is 50.5 Å². The first-order chi connectivity index (χ1) is 9.74. The second-order valence-corrected chi connectivity index (χ2v) is 6.40. The molecule has 1 aliphatic heterocycles. The fourth-order valence-electron chi connectivity index (χ4n) is 3.95. The molecule has 2 aliphatic rings. The average Bonchev–Trinajstić information content (AvgIpc) is 2.50. The fourth-order valence-corrected chi connectivity index (χ4v) is 3.95. The van der Waals surface area contributed by atoms with Crippen LogP contribution in [0.4, 0.5) is 11.4 Å². The first kappa shape index (κ1) is 13.3. The van der Waals surface area contributed by atoms with E-state index in [2.05, 4.69) is 17.0 Å². The number of para-hydroxylation sites is 1. The summed E-state index contributed by atoms with van der Waals surface area (Å²) in [6.07, 6.45) is 9.62. The van der Waals surface area contributed by atoms with Crippen molar-refractivity contribution in [2.75, 3.05) is 23.7 Å². The highest BCUT2D eigenvalue weighted by Gasteiger charge is 2.35. The summed E-state index contributed by atoms with van der Waals surface area (Å²) in [7, 11) is 0. The summed E-state index contributed by atoms with van der Waals surface area (Å²) in [5.74, 6) is 0. The fraction of sp³-hybridized carbons (Fsp3) is 0.588. The topological polar surface area (TPSA) is 53.0 Å². The van der Waals surface area contributed by atoms with Crippen LogP contribution >= 0.6 is 0 Å². The molecule has 3 heteroatoms. The Hall–Kier alpha value is -1.69. The van der Waals surface area contributed by atoms with Crippen LogP contribution in [-0.4, -0.2) is 13.1 Å². The molecule has 1 saturated heterocycles. The summed E-state index contributed by atoms with van der Waals surface area (Å²) in [5, 5.41) is 9.09. The van der Waals surface area contributed by atoms with E-state index in [1.165, 1.54) is 44.9 Å². The number of nitrogens with two attached hydrogens (primary N) is 1. The Kier molecular flexibility index (Phi) is 3.56. The Morgan fingerprint density at radius 2 is 1.75 bits per heavy atom. The van der Waals surface area contributed by atoms with Gasteiger partial charge in [-0.15, -0.1) is 0 Å². The van der Waals surface area contributed by atoms with E-state index in [0.717, 1.165) is 18.8 Å². The summed E-state index contributed by atoms with van der Waals surface area (Å²) in [4.78, 5) is 2.37. The Bertz CT molecular complexity index is 514. The lowest BCUT2D eigenvalue weighted by molar-refractivity contribution is 0.144. The van der Waals surface area contributed by atoms with E-state index in [0.29, 0.717) is 16.7 Å². The van der Waals surface area contributed by atoms with E-state index >= 15 is 0 Å². The van der Waals surface area contributed by atoms with Gasteiger partial charge in [0.05, 0.1) is 16.9 Å². The highest BCUT2D eigenvalue weighted by molar-refractivity contribution is 5.74. The zero-order valence-electron chi connectivity index (χ0n) is 12.1. The molecule has 0 bridgehead atoms. The summed E-state index contributed by atoms with van der Waals surface area (Å²) in [6.45, 7) is 2.16. The highest BCUT2D eigenvalue weighted by atomic mass is 15.1. The predicted octanol–water partition coefficient (Wildman–Crippen LogP) is 3.69. The van der Waals surface area contributed by atoms with Crippen LogP contribution in [0.5, 0.6) is 0 Å². The first-order valence-corrected chi connectivity index (χ1v) is 7.78. The van der Waals surface area contributed by atoms with Gasteiger partial charge in [-0.3, -0.25) is 0 Å².